The highest BCUT2D eigenvalue weighted by Gasteiger charge is 2.19. The Morgan fingerprint density at radius 3 is 2.36 bits per heavy atom. The van der Waals surface area contributed by atoms with Gasteiger partial charge in [-0.15, -0.1) is 0 Å². The Bertz CT molecular complexity index is 1400. The molecular formula is C26H26N2O5. The van der Waals surface area contributed by atoms with Crippen molar-refractivity contribution in [3.63, 3.8) is 0 Å². The molecule has 4 rings (SSSR count). The van der Waals surface area contributed by atoms with Crippen LogP contribution in [0.4, 0.5) is 0 Å². The maximum Gasteiger partial charge on any atom is 0.339 e. The highest BCUT2D eigenvalue weighted by molar-refractivity contribution is 6.02. The summed E-state index contributed by atoms with van der Waals surface area (Å²) in [6, 6.07) is 13.6. The van der Waals surface area contributed by atoms with Crippen LogP contribution in [0.3, 0.4) is 0 Å². The van der Waals surface area contributed by atoms with Crippen LogP contribution < -0.4 is 5.63 Å². The molecule has 0 N–H and O–H groups in total. The molecule has 170 valence electrons. The van der Waals surface area contributed by atoms with Gasteiger partial charge < -0.3 is 18.6 Å². The zero-order valence-corrected chi connectivity index (χ0v) is 19.2. The average molecular weight is 447 g/mol. The van der Waals surface area contributed by atoms with Gasteiger partial charge in [0, 0.05) is 55.5 Å². The summed E-state index contributed by atoms with van der Waals surface area (Å²) >= 11 is 0. The summed E-state index contributed by atoms with van der Waals surface area (Å²) in [6.07, 6.45) is 2.05. The SMILES string of the molecule is Cc1c(CCC(=O)N(C)CC(=O)N(C)C)c(=O)oc2cc3occ(-c4ccccc4)c3cc12. The van der Waals surface area contributed by atoms with E-state index in [1.807, 2.05) is 43.3 Å². The number of furan rings is 1. The highest BCUT2D eigenvalue weighted by Crippen LogP contribution is 2.34. The van der Waals surface area contributed by atoms with Crippen LogP contribution in [0.15, 0.2) is 62.4 Å². The van der Waals surface area contributed by atoms with E-state index in [1.54, 1.807) is 33.5 Å². The molecule has 7 heteroatoms. The van der Waals surface area contributed by atoms with Crippen LogP contribution in [0.1, 0.15) is 17.5 Å². The first kappa shape index (κ1) is 22.3. The van der Waals surface area contributed by atoms with Crippen molar-refractivity contribution in [1.82, 2.24) is 9.80 Å². The third-order valence-corrected chi connectivity index (χ3v) is 5.95. The lowest BCUT2D eigenvalue weighted by Crippen LogP contribution is -2.38. The topological polar surface area (TPSA) is 84.0 Å². The van der Waals surface area contributed by atoms with Crippen LogP contribution in [-0.2, 0) is 16.0 Å². The number of aryl methyl sites for hydroxylation is 1. The summed E-state index contributed by atoms with van der Waals surface area (Å²) in [6.45, 7) is 1.87. The molecule has 2 aromatic carbocycles. The van der Waals surface area contributed by atoms with Gasteiger partial charge in [-0.1, -0.05) is 30.3 Å². The van der Waals surface area contributed by atoms with Crippen LogP contribution in [0.25, 0.3) is 33.1 Å². The lowest BCUT2D eigenvalue weighted by Gasteiger charge is -2.19. The molecule has 0 saturated heterocycles. The lowest BCUT2D eigenvalue weighted by atomic mass is 9.99. The van der Waals surface area contributed by atoms with Crippen molar-refractivity contribution >= 4 is 33.8 Å². The summed E-state index contributed by atoms with van der Waals surface area (Å²) in [5, 5.41) is 1.73. The largest absolute Gasteiger partial charge is 0.464 e. The number of likely N-dealkylation sites (N-methyl/N-ethyl adjacent to an activating group) is 2. The summed E-state index contributed by atoms with van der Waals surface area (Å²) in [5.41, 5.74) is 3.86. The zero-order valence-electron chi connectivity index (χ0n) is 19.2. The highest BCUT2D eigenvalue weighted by atomic mass is 16.4. The van der Waals surface area contributed by atoms with Gasteiger partial charge in [-0.2, -0.15) is 0 Å². The van der Waals surface area contributed by atoms with Crippen LogP contribution in [0, 0.1) is 6.92 Å². The van der Waals surface area contributed by atoms with Crippen molar-refractivity contribution in [2.24, 2.45) is 0 Å². The van der Waals surface area contributed by atoms with Gasteiger partial charge in [0.15, 0.2) is 0 Å². The molecule has 0 radical (unpaired) electrons. The van der Waals surface area contributed by atoms with E-state index in [9.17, 15) is 14.4 Å². The van der Waals surface area contributed by atoms with Crippen molar-refractivity contribution in [2.45, 2.75) is 19.8 Å². The predicted molar refractivity (Wildman–Crippen MR) is 127 cm³/mol. The number of rotatable bonds is 6. The predicted octanol–water partition coefficient (Wildman–Crippen LogP) is 3.99. The molecular weight excluding hydrogens is 420 g/mol. The summed E-state index contributed by atoms with van der Waals surface area (Å²) in [5.74, 6) is -0.369. The molecule has 2 aromatic heterocycles. The van der Waals surface area contributed by atoms with Crippen LogP contribution >= 0.6 is 0 Å². The van der Waals surface area contributed by atoms with Crippen molar-refractivity contribution in [3.05, 3.63) is 70.3 Å². The molecule has 0 aliphatic rings. The smallest absolute Gasteiger partial charge is 0.339 e. The Kier molecular flexibility index (Phi) is 6.05. The van der Waals surface area contributed by atoms with E-state index in [0.717, 1.165) is 27.5 Å². The maximum absolute atomic E-state index is 12.7. The van der Waals surface area contributed by atoms with E-state index in [-0.39, 0.29) is 31.2 Å². The average Bonchev–Trinajstić information content (AvgIpc) is 3.20. The molecule has 0 saturated carbocycles. The lowest BCUT2D eigenvalue weighted by molar-refractivity contribution is -0.137. The minimum Gasteiger partial charge on any atom is -0.464 e. The molecule has 0 aliphatic carbocycles. The second-order valence-electron chi connectivity index (χ2n) is 8.39. The van der Waals surface area contributed by atoms with E-state index in [2.05, 4.69) is 0 Å². The van der Waals surface area contributed by atoms with Gasteiger partial charge in [0.1, 0.15) is 11.2 Å². The van der Waals surface area contributed by atoms with Gasteiger partial charge in [0.25, 0.3) is 0 Å². The molecule has 0 aliphatic heterocycles. The van der Waals surface area contributed by atoms with Gasteiger partial charge in [0.2, 0.25) is 11.8 Å². The molecule has 2 heterocycles. The first-order chi connectivity index (χ1) is 15.8. The van der Waals surface area contributed by atoms with Crippen LogP contribution in [-0.4, -0.2) is 49.3 Å². The normalized spacial score (nSPS) is 11.2. The second-order valence-corrected chi connectivity index (χ2v) is 8.39. The number of nitrogens with zero attached hydrogens (tertiary/aromatic N) is 2. The van der Waals surface area contributed by atoms with Crippen molar-refractivity contribution in [2.75, 3.05) is 27.7 Å². The number of carbonyl (C=O) groups is 2. The first-order valence-corrected chi connectivity index (χ1v) is 10.7. The number of amides is 2. The molecule has 0 bridgehead atoms. The van der Waals surface area contributed by atoms with Crippen molar-refractivity contribution < 1.29 is 18.4 Å². The Morgan fingerprint density at radius 2 is 1.67 bits per heavy atom. The van der Waals surface area contributed by atoms with Crippen molar-refractivity contribution in [1.29, 1.82) is 0 Å². The number of hydrogen-bond acceptors (Lipinski definition) is 5. The van der Waals surface area contributed by atoms with E-state index >= 15 is 0 Å². The minimum atomic E-state index is -0.464. The fourth-order valence-electron chi connectivity index (χ4n) is 3.90. The third kappa shape index (κ3) is 4.39. The van der Waals surface area contributed by atoms with Gasteiger partial charge in [0.05, 0.1) is 12.8 Å². The zero-order chi connectivity index (χ0) is 23.7. The monoisotopic (exact) mass is 446 g/mol. The number of fused-ring (bicyclic) bond motifs is 2. The van der Waals surface area contributed by atoms with E-state index in [0.29, 0.717) is 16.7 Å². The molecule has 0 spiro atoms. The van der Waals surface area contributed by atoms with E-state index in [1.165, 1.54) is 9.80 Å². The molecule has 2 amide bonds. The standard InChI is InChI=1S/C26H26N2O5/c1-16-18(10-11-24(29)28(4)14-25(30)27(2)3)26(31)33-23-13-22-20(12-19(16)23)21(15-32-22)17-8-6-5-7-9-17/h5-9,12-13,15H,10-11,14H2,1-4H3. The quantitative estimate of drug-likeness (QED) is 0.418. The Hall–Kier alpha value is -3.87. The fourth-order valence-corrected chi connectivity index (χ4v) is 3.90. The Labute approximate surface area is 191 Å². The molecule has 33 heavy (non-hydrogen) atoms. The Morgan fingerprint density at radius 1 is 0.939 bits per heavy atom. The third-order valence-electron chi connectivity index (χ3n) is 5.95. The second kappa shape index (κ2) is 8.94. The minimum absolute atomic E-state index is 0.00211. The van der Waals surface area contributed by atoms with E-state index in [4.69, 9.17) is 8.83 Å². The number of carbonyl (C=O) groups excluding carboxylic acids is 2. The molecule has 7 nitrogen and oxygen atoms in total. The molecule has 0 atom stereocenters. The fraction of sp³-hybridized carbons (Fsp3) is 0.269. The van der Waals surface area contributed by atoms with Gasteiger partial charge in [-0.25, -0.2) is 4.79 Å². The first-order valence-electron chi connectivity index (χ1n) is 10.7. The van der Waals surface area contributed by atoms with Crippen molar-refractivity contribution in [3.8, 4) is 11.1 Å². The number of hydrogen-bond donors (Lipinski definition) is 0. The van der Waals surface area contributed by atoms with Crippen LogP contribution in [0.5, 0.6) is 0 Å². The molecule has 4 aromatic rings. The van der Waals surface area contributed by atoms with Gasteiger partial charge in [-0.05, 0) is 30.5 Å². The maximum atomic E-state index is 12.7. The molecule has 0 fully saturated rings. The Balaban J connectivity index is 1.65. The summed E-state index contributed by atoms with van der Waals surface area (Å²) < 4.78 is 11.3. The van der Waals surface area contributed by atoms with E-state index < -0.39 is 5.63 Å². The van der Waals surface area contributed by atoms with Gasteiger partial charge in [-0.3, -0.25) is 9.59 Å². The summed E-state index contributed by atoms with van der Waals surface area (Å²) in [4.78, 5) is 39.9. The van der Waals surface area contributed by atoms with Crippen LogP contribution in [0.2, 0.25) is 0 Å². The van der Waals surface area contributed by atoms with Gasteiger partial charge >= 0.3 is 5.63 Å². The summed E-state index contributed by atoms with van der Waals surface area (Å²) in [7, 11) is 4.87. The molecule has 0 unspecified atom stereocenters. The number of benzene rings is 2.